The van der Waals surface area contributed by atoms with Gasteiger partial charge in [0, 0.05) is 35.9 Å². The third kappa shape index (κ3) is 4.48. The lowest BCUT2D eigenvalue weighted by Gasteiger charge is -2.07. The first kappa shape index (κ1) is 20.3. The van der Waals surface area contributed by atoms with Crippen molar-refractivity contribution in [1.82, 2.24) is 9.38 Å². The molecule has 1 amide bonds. The maximum Gasteiger partial charge on any atom is 0.224 e. The minimum atomic E-state index is -0.197. The summed E-state index contributed by atoms with van der Waals surface area (Å²) in [5.41, 5.74) is 4.91. The molecule has 0 saturated heterocycles. The van der Waals surface area contributed by atoms with Gasteiger partial charge in [-0.25, -0.2) is 4.98 Å². The molecule has 4 aromatic rings. The maximum atomic E-state index is 12.4. The first-order chi connectivity index (χ1) is 15.0. The summed E-state index contributed by atoms with van der Waals surface area (Å²) in [5, 5.41) is 2.88. The number of Topliss-reactive ketones (excluding diaryl/α,β-unsaturated/α-hetero) is 1. The second-order valence-corrected chi connectivity index (χ2v) is 7.26. The van der Waals surface area contributed by atoms with Crippen LogP contribution in [0, 0.1) is 6.92 Å². The molecule has 1 N–H and O–H groups in total. The van der Waals surface area contributed by atoms with Crippen LogP contribution in [0.5, 0.6) is 5.75 Å². The summed E-state index contributed by atoms with van der Waals surface area (Å²) >= 11 is 0. The molecule has 31 heavy (non-hydrogen) atoms. The molecule has 0 spiro atoms. The number of ketones is 1. The Kier molecular flexibility index (Phi) is 5.80. The Labute approximate surface area is 180 Å². The van der Waals surface area contributed by atoms with Crippen LogP contribution in [-0.4, -0.2) is 28.2 Å². The van der Waals surface area contributed by atoms with E-state index < -0.39 is 0 Å². The Bertz CT molecular complexity index is 1230. The highest BCUT2D eigenvalue weighted by Crippen LogP contribution is 2.26. The number of fused-ring (bicyclic) bond motifs is 1. The monoisotopic (exact) mass is 413 g/mol. The van der Waals surface area contributed by atoms with Gasteiger partial charge in [-0.3, -0.25) is 9.59 Å². The number of aromatic nitrogens is 2. The van der Waals surface area contributed by atoms with Gasteiger partial charge in [0.2, 0.25) is 5.91 Å². The minimum absolute atomic E-state index is 0.0409. The summed E-state index contributed by atoms with van der Waals surface area (Å²) in [4.78, 5) is 29.3. The van der Waals surface area contributed by atoms with E-state index in [1.54, 1.807) is 19.2 Å². The van der Waals surface area contributed by atoms with E-state index >= 15 is 0 Å². The summed E-state index contributed by atoms with van der Waals surface area (Å²) in [6, 6.07) is 20.4. The lowest BCUT2D eigenvalue weighted by atomic mass is 10.1. The summed E-state index contributed by atoms with van der Waals surface area (Å²) in [6.45, 7) is 1.99. The molecular weight excluding hydrogens is 390 g/mol. The van der Waals surface area contributed by atoms with Crippen molar-refractivity contribution in [2.75, 3.05) is 12.4 Å². The Morgan fingerprint density at radius 2 is 1.71 bits per heavy atom. The van der Waals surface area contributed by atoms with Crippen LogP contribution in [0.1, 0.15) is 28.9 Å². The molecule has 0 aliphatic carbocycles. The number of amides is 1. The quantitative estimate of drug-likeness (QED) is 0.437. The van der Waals surface area contributed by atoms with Crippen molar-refractivity contribution in [2.45, 2.75) is 19.8 Å². The predicted molar refractivity (Wildman–Crippen MR) is 121 cm³/mol. The maximum absolute atomic E-state index is 12.4. The van der Waals surface area contributed by atoms with Gasteiger partial charge in [0.05, 0.1) is 18.5 Å². The normalized spacial score (nSPS) is 10.8. The molecule has 0 radical (unpaired) electrons. The SMILES string of the molecule is COc1ccc(-c2nc3ccc(NC(=O)CCC(=O)c4ccccc4)cn3c2C)cc1. The van der Waals surface area contributed by atoms with Crippen LogP contribution in [0.2, 0.25) is 0 Å². The largest absolute Gasteiger partial charge is 0.497 e. The minimum Gasteiger partial charge on any atom is -0.497 e. The Morgan fingerprint density at radius 3 is 2.42 bits per heavy atom. The van der Waals surface area contributed by atoms with Crippen molar-refractivity contribution in [3.05, 3.63) is 84.2 Å². The molecule has 0 aliphatic heterocycles. The molecule has 2 aromatic carbocycles. The number of nitrogens with one attached hydrogen (secondary N) is 1. The van der Waals surface area contributed by atoms with Gasteiger partial charge in [0.15, 0.2) is 5.78 Å². The van der Waals surface area contributed by atoms with Crippen molar-refractivity contribution in [1.29, 1.82) is 0 Å². The fourth-order valence-corrected chi connectivity index (χ4v) is 3.48. The number of aryl methyl sites for hydroxylation is 1. The topological polar surface area (TPSA) is 72.7 Å². The van der Waals surface area contributed by atoms with E-state index in [4.69, 9.17) is 9.72 Å². The van der Waals surface area contributed by atoms with Crippen molar-refractivity contribution in [2.24, 2.45) is 0 Å². The van der Waals surface area contributed by atoms with Crippen LogP contribution in [0.4, 0.5) is 5.69 Å². The summed E-state index contributed by atoms with van der Waals surface area (Å²) < 4.78 is 7.17. The number of benzene rings is 2. The van der Waals surface area contributed by atoms with Gasteiger partial charge in [0.25, 0.3) is 0 Å². The lowest BCUT2D eigenvalue weighted by Crippen LogP contribution is -2.14. The van der Waals surface area contributed by atoms with E-state index in [-0.39, 0.29) is 24.5 Å². The average molecular weight is 413 g/mol. The van der Waals surface area contributed by atoms with E-state index in [2.05, 4.69) is 5.32 Å². The third-order valence-corrected chi connectivity index (χ3v) is 5.18. The standard InChI is InChI=1S/C25H23N3O3/c1-17-25(19-8-11-21(31-2)12-9-19)27-23-14-10-20(16-28(17)23)26-24(30)15-13-22(29)18-6-4-3-5-7-18/h3-12,14,16H,13,15H2,1-2H3,(H,26,30). The van der Waals surface area contributed by atoms with E-state index in [1.165, 1.54) is 0 Å². The number of nitrogens with zero attached hydrogens (tertiary/aromatic N) is 2. The number of methoxy groups -OCH3 is 1. The van der Waals surface area contributed by atoms with E-state index in [0.717, 1.165) is 28.3 Å². The van der Waals surface area contributed by atoms with Gasteiger partial charge in [-0.1, -0.05) is 30.3 Å². The molecule has 156 valence electrons. The van der Waals surface area contributed by atoms with Gasteiger partial charge in [0.1, 0.15) is 11.4 Å². The molecule has 0 aliphatic rings. The van der Waals surface area contributed by atoms with Crippen LogP contribution >= 0.6 is 0 Å². The predicted octanol–water partition coefficient (Wildman–Crippen LogP) is 4.92. The number of ether oxygens (including phenoxy) is 1. The van der Waals surface area contributed by atoms with Crippen molar-refractivity contribution in [3.63, 3.8) is 0 Å². The molecule has 6 nitrogen and oxygen atoms in total. The van der Waals surface area contributed by atoms with Crippen molar-refractivity contribution < 1.29 is 14.3 Å². The molecule has 2 aromatic heterocycles. The molecule has 0 saturated carbocycles. The number of imidazole rings is 1. The van der Waals surface area contributed by atoms with Gasteiger partial charge in [-0.2, -0.15) is 0 Å². The Morgan fingerprint density at radius 1 is 0.968 bits per heavy atom. The fraction of sp³-hybridized carbons (Fsp3) is 0.160. The van der Waals surface area contributed by atoms with Crippen LogP contribution in [0.15, 0.2) is 72.9 Å². The van der Waals surface area contributed by atoms with Crippen LogP contribution in [0.3, 0.4) is 0 Å². The molecule has 4 rings (SSSR count). The molecule has 0 fully saturated rings. The smallest absolute Gasteiger partial charge is 0.224 e. The van der Waals surface area contributed by atoms with E-state index in [1.807, 2.05) is 72.1 Å². The van der Waals surface area contributed by atoms with Crippen LogP contribution < -0.4 is 10.1 Å². The molecule has 2 heterocycles. The lowest BCUT2D eigenvalue weighted by molar-refractivity contribution is -0.116. The van der Waals surface area contributed by atoms with E-state index in [0.29, 0.717) is 11.3 Å². The van der Waals surface area contributed by atoms with Gasteiger partial charge in [-0.15, -0.1) is 0 Å². The summed E-state index contributed by atoms with van der Waals surface area (Å²) in [7, 11) is 1.64. The third-order valence-electron chi connectivity index (χ3n) is 5.18. The first-order valence-electron chi connectivity index (χ1n) is 10.1. The Balaban J connectivity index is 1.46. The highest BCUT2D eigenvalue weighted by Gasteiger charge is 2.13. The average Bonchev–Trinajstić information content (AvgIpc) is 3.14. The van der Waals surface area contributed by atoms with Gasteiger partial charge < -0.3 is 14.5 Å². The molecule has 0 unspecified atom stereocenters. The zero-order valence-corrected chi connectivity index (χ0v) is 17.5. The van der Waals surface area contributed by atoms with E-state index in [9.17, 15) is 9.59 Å². The Hall–Kier alpha value is -3.93. The number of pyridine rings is 1. The number of rotatable bonds is 7. The number of hydrogen-bond acceptors (Lipinski definition) is 4. The summed E-state index contributed by atoms with van der Waals surface area (Å²) in [5.74, 6) is 0.554. The van der Waals surface area contributed by atoms with Crippen molar-refractivity contribution >= 4 is 23.0 Å². The highest BCUT2D eigenvalue weighted by molar-refractivity contribution is 6.00. The molecular formula is C25H23N3O3. The number of hydrogen-bond donors (Lipinski definition) is 1. The van der Waals surface area contributed by atoms with Crippen molar-refractivity contribution in [3.8, 4) is 17.0 Å². The number of carbonyl (C=O) groups is 2. The first-order valence-corrected chi connectivity index (χ1v) is 10.1. The number of carbonyl (C=O) groups excluding carboxylic acids is 2. The second-order valence-electron chi connectivity index (χ2n) is 7.26. The second kappa shape index (κ2) is 8.83. The number of anilines is 1. The highest BCUT2D eigenvalue weighted by atomic mass is 16.5. The molecule has 6 heteroatoms. The van der Waals surface area contributed by atoms with Crippen LogP contribution in [-0.2, 0) is 4.79 Å². The fourth-order valence-electron chi connectivity index (χ4n) is 3.48. The summed E-state index contributed by atoms with van der Waals surface area (Å²) in [6.07, 6.45) is 2.15. The molecule has 0 atom stereocenters. The van der Waals surface area contributed by atoms with Crippen LogP contribution in [0.25, 0.3) is 16.9 Å². The molecule has 0 bridgehead atoms. The van der Waals surface area contributed by atoms with Gasteiger partial charge in [-0.05, 0) is 43.3 Å². The zero-order valence-electron chi connectivity index (χ0n) is 17.5. The zero-order chi connectivity index (χ0) is 21.8. The van der Waals surface area contributed by atoms with Gasteiger partial charge >= 0.3 is 0 Å².